The summed E-state index contributed by atoms with van der Waals surface area (Å²) >= 11 is 4.12. The Morgan fingerprint density at radius 2 is 2.29 bits per heavy atom. The van der Waals surface area contributed by atoms with E-state index in [9.17, 15) is 0 Å². The van der Waals surface area contributed by atoms with E-state index in [1.807, 2.05) is 13.8 Å². The fourth-order valence-corrected chi connectivity index (χ4v) is 0.322. The highest BCUT2D eigenvalue weighted by molar-refractivity contribution is 7.83. The highest BCUT2D eigenvalue weighted by Crippen LogP contribution is 2.12. The Labute approximate surface area is 50.7 Å². The molecule has 1 nitrogen and oxygen atoms in total. The predicted molar refractivity (Wildman–Crippen MR) is 36.2 cm³/mol. The summed E-state index contributed by atoms with van der Waals surface area (Å²) in [5.41, 5.74) is 5.43. The normalized spacial score (nSPS) is 15.0. The van der Waals surface area contributed by atoms with Gasteiger partial charge in [-0.3, -0.25) is 0 Å². The lowest BCUT2D eigenvalue weighted by Crippen LogP contribution is -2.19. The zero-order valence-electron chi connectivity index (χ0n) is 4.81. The molecule has 43 valence electrons. The van der Waals surface area contributed by atoms with Crippen molar-refractivity contribution < 1.29 is 0 Å². The van der Waals surface area contributed by atoms with E-state index in [1.165, 1.54) is 0 Å². The maximum Gasteiger partial charge on any atom is 0.0434 e. The van der Waals surface area contributed by atoms with E-state index >= 15 is 0 Å². The summed E-state index contributed by atoms with van der Waals surface area (Å²) in [7, 11) is 0. The first-order valence-electron chi connectivity index (χ1n) is 2.48. The van der Waals surface area contributed by atoms with Gasteiger partial charge < -0.3 is 5.73 Å². The molecule has 7 heavy (non-hydrogen) atoms. The van der Waals surface area contributed by atoms with Gasteiger partial charge in [-0.25, -0.2) is 0 Å². The highest BCUT2D eigenvalue weighted by Gasteiger charge is 2.03. The minimum absolute atomic E-state index is 0.147. The lowest BCUT2D eigenvalue weighted by Gasteiger charge is -2.08. The van der Waals surface area contributed by atoms with Crippen molar-refractivity contribution in [3.8, 4) is 0 Å². The molecule has 0 aliphatic rings. The van der Waals surface area contributed by atoms with E-state index in [0.717, 1.165) is 11.7 Å². The number of hydrogen-bond donors (Lipinski definition) is 2. The van der Waals surface area contributed by atoms with Gasteiger partial charge in [0, 0.05) is 11.3 Å². The van der Waals surface area contributed by atoms with Crippen molar-refractivity contribution >= 4 is 12.6 Å². The van der Waals surface area contributed by atoms with E-state index in [2.05, 4.69) is 12.6 Å². The van der Waals surface area contributed by atoms with Crippen molar-refractivity contribution in [2.45, 2.75) is 26.3 Å². The van der Waals surface area contributed by atoms with Gasteiger partial charge >= 0.3 is 0 Å². The number of hydrogen-bond acceptors (Lipinski definition) is 2. The summed E-state index contributed by atoms with van der Waals surface area (Å²) in [4.78, 5) is 0. The molecule has 0 rings (SSSR count). The monoisotopic (exact) mass is 118 g/mol. The number of rotatable bonds is 2. The van der Waals surface area contributed by atoms with Gasteiger partial charge in [-0.05, 0) is 13.3 Å². The second-order valence-corrected chi connectivity index (χ2v) is 2.21. The van der Waals surface area contributed by atoms with Gasteiger partial charge in [0.05, 0.1) is 0 Å². The molecule has 0 saturated carbocycles. The third kappa shape index (κ3) is 2.94. The van der Waals surface area contributed by atoms with Crippen molar-refractivity contribution in [1.82, 2.24) is 0 Å². The summed E-state index contributed by atoms with van der Waals surface area (Å²) in [6.45, 7) is 3.98. The van der Waals surface area contributed by atoms with Crippen molar-refractivity contribution in [1.29, 1.82) is 0 Å². The number of nitrogens with two attached hydrogens (primary N) is 1. The van der Waals surface area contributed by atoms with Crippen LogP contribution in [0, 0.1) is 5.25 Å². The molecular formula is C5H12NS. The third-order valence-electron chi connectivity index (χ3n) is 0.888. The Morgan fingerprint density at radius 1 is 1.86 bits per heavy atom. The average molecular weight is 118 g/mol. The van der Waals surface area contributed by atoms with Crippen LogP contribution in [0.1, 0.15) is 20.3 Å². The molecule has 0 spiro atoms. The van der Waals surface area contributed by atoms with Gasteiger partial charge in [0.2, 0.25) is 0 Å². The Morgan fingerprint density at radius 3 is 2.29 bits per heavy atom. The van der Waals surface area contributed by atoms with Gasteiger partial charge in [-0.15, -0.1) is 0 Å². The summed E-state index contributed by atoms with van der Waals surface area (Å²) in [6, 6.07) is 0.147. The van der Waals surface area contributed by atoms with Crippen molar-refractivity contribution in [2.24, 2.45) is 5.73 Å². The predicted octanol–water partition coefficient (Wildman–Crippen LogP) is 1.21. The number of thiol groups is 1. The Kier molecular flexibility index (Phi) is 3.48. The van der Waals surface area contributed by atoms with Crippen LogP contribution in [0.25, 0.3) is 0 Å². The quantitative estimate of drug-likeness (QED) is 0.524. The van der Waals surface area contributed by atoms with E-state index < -0.39 is 0 Å². The second-order valence-electron chi connectivity index (χ2n) is 1.63. The molecule has 0 aromatic rings. The summed E-state index contributed by atoms with van der Waals surface area (Å²) < 4.78 is 0. The molecule has 0 saturated heterocycles. The van der Waals surface area contributed by atoms with Crippen LogP contribution < -0.4 is 5.73 Å². The molecule has 0 aliphatic heterocycles. The molecule has 1 radical (unpaired) electrons. The molecule has 0 heterocycles. The topological polar surface area (TPSA) is 26.0 Å². The van der Waals surface area contributed by atoms with Crippen LogP contribution >= 0.6 is 12.6 Å². The molecule has 0 amide bonds. The van der Waals surface area contributed by atoms with Crippen LogP contribution in [0.4, 0.5) is 0 Å². The minimum Gasteiger partial charge on any atom is -0.327 e. The SMILES string of the molecule is CC[C](S)C(C)N. The summed E-state index contributed by atoms with van der Waals surface area (Å²) in [5.74, 6) is 0. The molecule has 1 atom stereocenters. The van der Waals surface area contributed by atoms with Crippen molar-refractivity contribution in [3.63, 3.8) is 0 Å². The Balaban J connectivity index is 3.14. The van der Waals surface area contributed by atoms with Crippen LogP contribution in [0.15, 0.2) is 0 Å². The van der Waals surface area contributed by atoms with E-state index in [1.54, 1.807) is 0 Å². The van der Waals surface area contributed by atoms with E-state index in [0.29, 0.717) is 0 Å². The first kappa shape index (κ1) is 7.31. The maximum absolute atomic E-state index is 5.43. The summed E-state index contributed by atoms with van der Waals surface area (Å²) in [5, 5.41) is 1.07. The lowest BCUT2D eigenvalue weighted by molar-refractivity contribution is 0.782. The van der Waals surface area contributed by atoms with Gasteiger partial charge in [-0.1, -0.05) is 6.92 Å². The first-order valence-corrected chi connectivity index (χ1v) is 2.93. The molecule has 1 unspecified atom stereocenters. The fourth-order valence-electron chi connectivity index (χ4n) is 0.322. The second kappa shape index (κ2) is 3.33. The molecule has 0 aliphatic carbocycles. The molecular weight excluding hydrogens is 106 g/mol. The van der Waals surface area contributed by atoms with Crippen LogP contribution in [-0.4, -0.2) is 6.04 Å². The Hall–Kier alpha value is 0.310. The molecule has 0 bridgehead atoms. The van der Waals surface area contributed by atoms with Gasteiger partial charge in [-0.2, -0.15) is 12.6 Å². The molecule has 0 aromatic carbocycles. The van der Waals surface area contributed by atoms with Crippen LogP contribution in [0.3, 0.4) is 0 Å². The van der Waals surface area contributed by atoms with Gasteiger partial charge in [0.25, 0.3) is 0 Å². The molecule has 0 aromatic heterocycles. The van der Waals surface area contributed by atoms with Gasteiger partial charge in [0.15, 0.2) is 0 Å². The van der Waals surface area contributed by atoms with Crippen LogP contribution in [-0.2, 0) is 0 Å². The van der Waals surface area contributed by atoms with Crippen molar-refractivity contribution in [2.75, 3.05) is 0 Å². The average Bonchev–Trinajstić information content (AvgIpc) is 1.65. The first-order chi connectivity index (χ1) is 3.18. The lowest BCUT2D eigenvalue weighted by atomic mass is 10.2. The zero-order chi connectivity index (χ0) is 5.86. The molecule has 2 N–H and O–H groups in total. The smallest absolute Gasteiger partial charge is 0.0434 e. The minimum atomic E-state index is 0.147. The molecule has 0 fully saturated rings. The highest BCUT2D eigenvalue weighted by atomic mass is 32.1. The van der Waals surface area contributed by atoms with Crippen LogP contribution in [0.2, 0.25) is 0 Å². The Bertz CT molecular complexity index is 45.3. The zero-order valence-corrected chi connectivity index (χ0v) is 5.70. The van der Waals surface area contributed by atoms with E-state index in [-0.39, 0.29) is 6.04 Å². The molecule has 2 heteroatoms. The van der Waals surface area contributed by atoms with E-state index in [4.69, 9.17) is 5.73 Å². The van der Waals surface area contributed by atoms with Crippen molar-refractivity contribution in [3.05, 3.63) is 5.25 Å². The van der Waals surface area contributed by atoms with Gasteiger partial charge in [0.1, 0.15) is 0 Å². The maximum atomic E-state index is 5.43. The largest absolute Gasteiger partial charge is 0.327 e. The standard InChI is InChI=1S/C5H12NS/c1-3-5(7)4(2)6/h4,7H,3,6H2,1-2H3. The fraction of sp³-hybridized carbons (Fsp3) is 0.800. The van der Waals surface area contributed by atoms with Crippen LogP contribution in [0.5, 0.6) is 0 Å². The summed E-state index contributed by atoms with van der Waals surface area (Å²) in [6.07, 6.45) is 0.973. The third-order valence-corrected chi connectivity index (χ3v) is 1.61.